The molecule has 0 bridgehead atoms. The van der Waals surface area contributed by atoms with Gasteiger partial charge in [-0.05, 0) is 36.0 Å². The molecule has 0 spiro atoms. The lowest BCUT2D eigenvalue weighted by Crippen LogP contribution is -2.04. The highest BCUT2D eigenvalue weighted by atomic mass is 19.1. The lowest BCUT2D eigenvalue weighted by atomic mass is 9.96. The summed E-state index contributed by atoms with van der Waals surface area (Å²) in [6.45, 7) is 6.05. The summed E-state index contributed by atoms with van der Waals surface area (Å²) in [6, 6.07) is 12.9. The summed E-state index contributed by atoms with van der Waals surface area (Å²) < 4.78 is 14.0. The van der Waals surface area contributed by atoms with E-state index in [1.54, 1.807) is 25.1 Å². The molecule has 1 nitrogen and oxygen atoms in total. The summed E-state index contributed by atoms with van der Waals surface area (Å²) in [5.41, 5.74) is 2.85. The molecule has 2 aromatic carbocycles. The van der Waals surface area contributed by atoms with Gasteiger partial charge in [0.15, 0.2) is 0 Å². The third-order valence-corrected chi connectivity index (χ3v) is 3.46. The van der Waals surface area contributed by atoms with E-state index < -0.39 is 6.10 Å². The lowest BCUT2D eigenvalue weighted by molar-refractivity contribution is 0.214. The van der Waals surface area contributed by atoms with Crippen molar-refractivity contribution in [2.75, 3.05) is 0 Å². The van der Waals surface area contributed by atoms with Crippen LogP contribution in [0.5, 0.6) is 0 Å². The molecule has 0 saturated heterocycles. The Labute approximate surface area is 120 Å². The summed E-state index contributed by atoms with van der Waals surface area (Å²) >= 11 is 0. The Balaban J connectivity index is 2.25. The molecule has 2 aromatic rings. The van der Waals surface area contributed by atoms with E-state index in [-0.39, 0.29) is 5.82 Å². The Hall–Kier alpha value is -1.67. The van der Waals surface area contributed by atoms with Crippen LogP contribution in [0.25, 0.3) is 0 Å². The zero-order valence-electron chi connectivity index (χ0n) is 12.2. The lowest BCUT2D eigenvalue weighted by Gasteiger charge is -2.14. The van der Waals surface area contributed by atoms with Crippen LogP contribution >= 0.6 is 0 Å². The highest BCUT2D eigenvalue weighted by Gasteiger charge is 2.16. The van der Waals surface area contributed by atoms with Gasteiger partial charge in [-0.1, -0.05) is 56.3 Å². The summed E-state index contributed by atoms with van der Waals surface area (Å²) in [5.74, 6) is 0.270. The molecule has 0 aliphatic rings. The van der Waals surface area contributed by atoms with E-state index in [1.807, 2.05) is 24.3 Å². The fraction of sp³-hybridized carbons (Fsp3) is 0.333. The molecule has 1 N–H and O–H groups in total. The fourth-order valence-corrected chi connectivity index (χ4v) is 2.37. The van der Waals surface area contributed by atoms with Gasteiger partial charge in [0.05, 0.1) is 0 Å². The van der Waals surface area contributed by atoms with Crippen LogP contribution in [0.1, 0.15) is 42.2 Å². The highest BCUT2D eigenvalue weighted by Crippen LogP contribution is 2.26. The standard InChI is InChI=1S/C18H21FO/c1-12(2)11-14-7-9-15(10-8-14)18(20)16-6-4-5-13(3)17(16)19/h4-10,12,18,20H,11H2,1-3H3. The van der Waals surface area contributed by atoms with Crippen LogP contribution in [-0.2, 0) is 6.42 Å². The average molecular weight is 272 g/mol. The van der Waals surface area contributed by atoms with Crippen molar-refractivity contribution in [3.8, 4) is 0 Å². The van der Waals surface area contributed by atoms with E-state index in [4.69, 9.17) is 0 Å². The molecule has 0 aliphatic heterocycles. The molecular weight excluding hydrogens is 251 g/mol. The van der Waals surface area contributed by atoms with E-state index in [9.17, 15) is 9.50 Å². The molecule has 20 heavy (non-hydrogen) atoms. The first kappa shape index (κ1) is 14.7. The third-order valence-electron chi connectivity index (χ3n) is 3.46. The van der Waals surface area contributed by atoms with Crippen molar-refractivity contribution in [3.05, 3.63) is 70.5 Å². The second kappa shape index (κ2) is 6.19. The molecule has 1 atom stereocenters. The van der Waals surface area contributed by atoms with E-state index in [1.165, 1.54) is 5.56 Å². The Morgan fingerprint density at radius 2 is 1.70 bits per heavy atom. The monoisotopic (exact) mass is 272 g/mol. The molecule has 0 fully saturated rings. The first-order valence-corrected chi connectivity index (χ1v) is 7.01. The number of rotatable bonds is 4. The number of halogens is 1. The van der Waals surface area contributed by atoms with Gasteiger partial charge in [0.2, 0.25) is 0 Å². The summed E-state index contributed by atoms with van der Waals surface area (Å²) in [5, 5.41) is 10.3. The van der Waals surface area contributed by atoms with Gasteiger partial charge in [0.1, 0.15) is 11.9 Å². The van der Waals surface area contributed by atoms with E-state index >= 15 is 0 Å². The second-order valence-corrected chi connectivity index (χ2v) is 5.72. The molecule has 1 unspecified atom stereocenters. The van der Waals surface area contributed by atoms with Crippen LogP contribution in [0.15, 0.2) is 42.5 Å². The minimum atomic E-state index is -0.914. The smallest absolute Gasteiger partial charge is 0.132 e. The second-order valence-electron chi connectivity index (χ2n) is 5.72. The minimum Gasteiger partial charge on any atom is -0.384 e. The van der Waals surface area contributed by atoms with Gasteiger partial charge in [0.25, 0.3) is 0 Å². The third kappa shape index (κ3) is 3.26. The van der Waals surface area contributed by atoms with E-state index in [2.05, 4.69) is 13.8 Å². The van der Waals surface area contributed by atoms with Gasteiger partial charge in [-0.3, -0.25) is 0 Å². The number of aliphatic hydroxyl groups excluding tert-OH is 1. The maximum Gasteiger partial charge on any atom is 0.132 e. The summed E-state index contributed by atoms with van der Waals surface area (Å²) in [7, 11) is 0. The first-order valence-electron chi connectivity index (χ1n) is 7.01. The Morgan fingerprint density at radius 1 is 1.05 bits per heavy atom. The number of aliphatic hydroxyl groups is 1. The van der Waals surface area contributed by atoms with Gasteiger partial charge >= 0.3 is 0 Å². The Morgan fingerprint density at radius 3 is 2.30 bits per heavy atom. The SMILES string of the molecule is Cc1cccc(C(O)c2ccc(CC(C)C)cc2)c1F. The molecule has 0 amide bonds. The first-order chi connectivity index (χ1) is 9.49. The summed E-state index contributed by atoms with van der Waals surface area (Å²) in [4.78, 5) is 0. The van der Waals surface area contributed by atoms with E-state index in [0.29, 0.717) is 17.0 Å². The number of hydrogen-bond donors (Lipinski definition) is 1. The van der Waals surface area contributed by atoms with Gasteiger partial charge in [-0.2, -0.15) is 0 Å². The van der Waals surface area contributed by atoms with Crippen molar-refractivity contribution in [2.45, 2.75) is 33.3 Å². The van der Waals surface area contributed by atoms with Crippen LogP contribution in [-0.4, -0.2) is 5.11 Å². The molecule has 2 heteroatoms. The quantitative estimate of drug-likeness (QED) is 0.873. The van der Waals surface area contributed by atoms with Crippen LogP contribution in [0.4, 0.5) is 4.39 Å². The number of hydrogen-bond acceptors (Lipinski definition) is 1. The predicted octanol–water partition coefficient (Wildman–Crippen LogP) is 4.41. The Kier molecular flexibility index (Phi) is 4.56. The van der Waals surface area contributed by atoms with Gasteiger partial charge in [-0.25, -0.2) is 4.39 Å². The number of benzene rings is 2. The van der Waals surface area contributed by atoms with Gasteiger partial charge in [0, 0.05) is 5.56 Å². The summed E-state index contributed by atoms with van der Waals surface area (Å²) in [6.07, 6.45) is 0.0952. The van der Waals surface area contributed by atoms with Crippen molar-refractivity contribution < 1.29 is 9.50 Å². The zero-order chi connectivity index (χ0) is 14.7. The van der Waals surface area contributed by atoms with Crippen LogP contribution in [0, 0.1) is 18.7 Å². The van der Waals surface area contributed by atoms with Crippen LogP contribution in [0.2, 0.25) is 0 Å². The van der Waals surface area contributed by atoms with Crippen LogP contribution < -0.4 is 0 Å². The van der Waals surface area contributed by atoms with Crippen molar-refractivity contribution >= 4 is 0 Å². The molecule has 0 aromatic heterocycles. The normalized spacial score (nSPS) is 12.7. The van der Waals surface area contributed by atoms with Crippen molar-refractivity contribution in [2.24, 2.45) is 5.92 Å². The van der Waals surface area contributed by atoms with Crippen molar-refractivity contribution in [1.29, 1.82) is 0 Å². The molecule has 0 radical (unpaired) electrons. The molecule has 0 saturated carbocycles. The van der Waals surface area contributed by atoms with Crippen LogP contribution in [0.3, 0.4) is 0 Å². The maximum absolute atomic E-state index is 14.0. The Bertz CT molecular complexity index is 572. The fourth-order valence-electron chi connectivity index (χ4n) is 2.37. The van der Waals surface area contributed by atoms with E-state index in [0.717, 1.165) is 12.0 Å². The topological polar surface area (TPSA) is 20.2 Å². The molecular formula is C18H21FO. The molecule has 106 valence electrons. The predicted molar refractivity (Wildman–Crippen MR) is 80.2 cm³/mol. The average Bonchev–Trinajstić information content (AvgIpc) is 2.41. The van der Waals surface area contributed by atoms with Crippen molar-refractivity contribution in [1.82, 2.24) is 0 Å². The highest BCUT2D eigenvalue weighted by molar-refractivity contribution is 5.35. The maximum atomic E-state index is 14.0. The van der Waals surface area contributed by atoms with Gasteiger partial charge < -0.3 is 5.11 Å². The van der Waals surface area contributed by atoms with Crippen molar-refractivity contribution in [3.63, 3.8) is 0 Å². The molecule has 0 aliphatic carbocycles. The molecule has 2 rings (SSSR count). The zero-order valence-corrected chi connectivity index (χ0v) is 12.2. The molecule has 0 heterocycles. The van der Waals surface area contributed by atoms with Gasteiger partial charge in [-0.15, -0.1) is 0 Å². The largest absolute Gasteiger partial charge is 0.384 e. The number of aryl methyl sites for hydroxylation is 1. The minimum absolute atomic E-state index is 0.328.